The number of ether oxygens (including phenoxy) is 1. The largest absolute Gasteiger partial charge is 0.458 e. The average Bonchev–Trinajstić information content (AvgIpc) is 2.58. The molecular weight excluding hydrogens is 264 g/mol. The van der Waals surface area contributed by atoms with Crippen molar-refractivity contribution in [3.8, 4) is 0 Å². The van der Waals surface area contributed by atoms with E-state index < -0.39 is 8.07 Å². The SMILES string of the molecule is C[Si]1(C)CCC=C[C@H](OC(=O)CCc2ccccc2)C1. The lowest BCUT2D eigenvalue weighted by Gasteiger charge is -2.24. The number of carbonyl (C=O) groups excluding carboxylic acids is 1. The molecule has 2 nitrogen and oxygen atoms in total. The Morgan fingerprint density at radius 3 is 2.80 bits per heavy atom. The minimum atomic E-state index is -1.20. The van der Waals surface area contributed by atoms with Gasteiger partial charge >= 0.3 is 5.97 Å². The van der Waals surface area contributed by atoms with E-state index in [0.717, 1.165) is 18.9 Å². The molecule has 1 aliphatic rings. The topological polar surface area (TPSA) is 26.3 Å². The van der Waals surface area contributed by atoms with E-state index in [2.05, 4.69) is 37.4 Å². The van der Waals surface area contributed by atoms with Gasteiger partial charge < -0.3 is 4.74 Å². The molecule has 0 saturated carbocycles. The monoisotopic (exact) mass is 288 g/mol. The molecule has 1 aromatic rings. The van der Waals surface area contributed by atoms with Crippen molar-refractivity contribution in [2.45, 2.75) is 50.5 Å². The number of hydrogen-bond acceptors (Lipinski definition) is 2. The summed E-state index contributed by atoms with van der Waals surface area (Å²) in [6, 6.07) is 12.4. The number of allylic oxidation sites excluding steroid dienone is 1. The third kappa shape index (κ3) is 4.97. The summed E-state index contributed by atoms with van der Waals surface area (Å²) >= 11 is 0. The van der Waals surface area contributed by atoms with Crippen molar-refractivity contribution in [2.75, 3.05) is 0 Å². The minimum absolute atomic E-state index is 0.00226. The van der Waals surface area contributed by atoms with Crippen LogP contribution < -0.4 is 0 Å². The van der Waals surface area contributed by atoms with Crippen LogP contribution in [0.2, 0.25) is 25.2 Å². The van der Waals surface area contributed by atoms with Gasteiger partial charge in [-0.15, -0.1) is 0 Å². The van der Waals surface area contributed by atoms with E-state index in [0.29, 0.717) is 6.42 Å². The van der Waals surface area contributed by atoms with E-state index in [1.807, 2.05) is 18.2 Å². The molecule has 108 valence electrons. The van der Waals surface area contributed by atoms with E-state index >= 15 is 0 Å². The van der Waals surface area contributed by atoms with E-state index in [9.17, 15) is 4.79 Å². The number of esters is 1. The van der Waals surface area contributed by atoms with Crippen molar-refractivity contribution in [3.05, 3.63) is 48.0 Å². The summed E-state index contributed by atoms with van der Waals surface area (Å²) in [5.41, 5.74) is 1.19. The normalized spacial score (nSPS) is 21.2. The zero-order valence-electron chi connectivity index (χ0n) is 12.5. The van der Waals surface area contributed by atoms with Crippen LogP contribution in [0, 0.1) is 0 Å². The quantitative estimate of drug-likeness (QED) is 0.471. The Morgan fingerprint density at radius 1 is 1.30 bits per heavy atom. The molecule has 0 fully saturated rings. The van der Waals surface area contributed by atoms with Gasteiger partial charge in [0.25, 0.3) is 0 Å². The molecule has 1 atom stereocenters. The fourth-order valence-electron chi connectivity index (χ4n) is 2.64. The standard InChI is InChI=1S/C17H24O2Si/c1-20(2)13-7-6-10-16(14-20)19-17(18)12-11-15-8-4-3-5-9-15/h3-6,8-10,16H,7,11-14H2,1-2H3/t16-/m0/s1. The van der Waals surface area contributed by atoms with E-state index in [-0.39, 0.29) is 12.1 Å². The lowest BCUT2D eigenvalue weighted by Crippen LogP contribution is -2.30. The first-order valence-corrected chi connectivity index (χ1v) is 10.9. The highest BCUT2D eigenvalue weighted by Gasteiger charge is 2.27. The molecule has 0 bridgehead atoms. The van der Waals surface area contributed by atoms with Crippen LogP contribution in [0.1, 0.15) is 18.4 Å². The molecule has 1 aromatic carbocycles. The van der Waals surface area contributed by atoms with E-state index in [1.165, 1.54) is 11.6 Å². The highest BCUT2D eigenvalue weighted by molar-refractivity contribution is 6.77. The average molecular weight is 288 g/mol. The van der Waals surface area contributed by atoms with Gasteiger partial charge in [-0.05, 0) is 30.5 Å². The summed E-state index contributed by atoms with van der Waals surface area (Å²) in [6.45, 7) is 4.76. The molecule has 1 heterocycles. The summed E-state index contributed by atoms with van der Waals surface area (Å²) in [5, 5.41) is 0. The lowest BCUT2D eigenvalue weighted by molar-refractivity contribution is -0.146. The second kappa shape index (κ2) is 6.89. The molecule has 2 rings (SSSR count). The van der Waals surface area contributed by atoms with Gasteiger partial charge in [-0.25, -0.2) is 0 Å². The summed E-state index contributed by atoms with van der Waals surface area (Å²) in [5.74, 6) is -0.0739. The van der Waals surface area contributed by atoms with E-state index in [4.69, 9.17) is 4.74 Å². The zero-order chi connectivity index (χ0) is 14.4. The molecular formula is C17H24O2Si. The molecule has 0 radical (unpaired) electrons. The Bertz CT molecular complexity index is 465. The third-order valence-electron chi connectivity index (χ3n) is 3.84. The molecule has 0 aliphatic carbocycles. The lowest BCUT2D eigenvalue weighted by atomic mass is 10.1. The zero-order valence-corrected chi connectivity index (χ0v) is 13.5. The highest BCUT2D eigenvalue weighted by Crippen LogP contribution is 2.25. The first-order valence-electron chi connectivity index (χ1n) is 7.45. The van der Waals surface area contributed by atoms with Gasteiger partial charge in [0.15, 0.2) is 0 Å². The fourth-order valence-corrected chi connectivity index (χ4v) is 5.10. The number of benzene rings is 1. The van der Waals surface area contributed by atoms with Crippen LogP contribution in [0.15, 0.2) is 42.5 Å². The number of hydrogen-bond donors (Lipinski definition) is 0. The Balaban J connectivity index is 1.82. The maximum Gasteiger partial charge on any atom is 0.306 e. The molecule has 0 saturated heterocycles. The molecule has 20 heavy (non-hydrogen) atoms. The van der Waals surface area contributed by atoms with Gasteiger partial charge in [-0.1, -0.05) is 55.5 Å². The predicted molar refractivity (Wildman–Crippen MR) is 85.5 cm³/mol. The van der Waals surface area contributed by atoms with Crippen LogP contribution in [-0.4, -0.2) is 20.1 Å². The van der Waals surface area contributed by atoms with Gasteiger partial charge in [-0.3, -0.25) is 4.79 Å². The molecule has 0 spiro atoms. The molecule has 0 aromatic heterocycles. The molecule has 1 aliphatic heterocycles. The smallest absolute Gasteiger partial charge is 0.306 e. The van der Waals surface area contributed by atoms with Crippen molar-refractivity contribution in [3.63, 3.8) is 0 Å². The first kappa shape index (κ1) is 15.0. The maximum atomic E-state index is 12.0. The van der Waals surface area contributed by atoms with Gasteiger partial charge in [0, 0.05) is 6.42 Å². The van der Waals surface area contributed by atoms with Gasteiger partial charge in [0.05, 0.1) is 8.07 Å². The van der Waals surface area contributed by atoms with Gasteiger partial charge in [0.2, 0.25) is 0 Å². The van der Waals surface area contributed by atoms with Crippen molar-refractivity contribution >= 4 is 14.0 Å². The number of rotatable bonds is 4. The fraction of sp³-hybridized carbons (Fsp3) is 0.471. The summed E-state index contributed by atoms with van der Waals surface area (Å²) in [7, 11) is -1.20. The maximum absolute atomic E-state index is 12.0. The minimum Gasteiger partial charge on any atom is -0.458 e. The van der Waals surface area contributed by atoms with Crippen LogP contribution in [0.25, 0.3) is 0 Å². The van der Waals surface area contributed by atoms with Gasteiger partial charge in [-0.2, -0.15) is 0 Å². The second-order valence-corrected chi connectivity index (χ2v) is 11.6. The molecule has 0 amide bonds. The van der Waals surface area contributed by atoms with Crippen molar-refractivity contribution in [1.82, 2.24) is 0 Å². The highest BCUT2D eigenvalue weighted by atomic mass is 28.3. The van der Waals surface area contributed by atoms with Gasteiger partial charge in [0.1, 0.15) is 6.10 Å². The molecule has 0 unspecified atom stereocenters. The first-order chi connectivity index (χ1) is 9.55. The van der Waals surface area contributed by atoms with Crippen LogP contribution in [0.5, 0.6) is 0 Å². The Kier molecular flexibility index (Phi) is 5.18. The second-order valence-electron chi connectivity index (χ2n) is 6.35. The van der Waals surface area contributed by atoms with Crippen LogP contribution in [0.3, 0.4) is 0 Å². The summed E-state index contributed by atoms with van der Waals surface area (Å²) in [4.78, 5) is 12.0. The summed E-state index contributed by atoms with van der Waals surface area (Å²) < 4.78 is 5.64. The van der Waals surface area contributed by atoms with E-state index in [1.54, 1.807) is 0 Å². The van der Waals surface area contributed by atoms with Crippen LogP contribution in [0.4, 0.5) is 0 Å². The predicted octanol–water partition coefficient (Wildman–Crippen LogP) is 4.20. The van der Waals surface area contributed by atoms with Crippen molar-refractivity contribution in [1.29, 1.82) is 0 Å². The molecule has 3 heteroatoms. The third-order valence-corrected chi connectivity index (χ3v) is 6.99. The van der Waals surface area contributed by atoms with Crippen molar-refractivity contribution < 1.29 is 9.53 Å². The Morgan fingerprint density at radius 2 is 2.05 bits per heavy atom. The summed E-state index contributed by atoms with van der Waals surface area (Å²) in [6.07, 6.45) is 6.63. The molecule has 0 N–H and O–H groups in total. The van der Waals surface area contributed by atoms with Crippen molar-refractivity contribution in [2.24, 2.45) is 0 Å². The number of aryl methyl sites for hydroxylation is 1. The van der Waals surface area contributed by atoms with Crippen LogP contribution in [-0.2, 0) is 16.0 Å². The van der Waals surface area contributed by atoms with Crippen LogP contribution >= 0.6 is 0 Å². The Labute approximate surface area is 122 Å². The Hall–Kier alpha value is -1.35. The number of carbonyl (C=O) groups is 1.